The fourth-order valence-electron chi connectivity index (χ4n) is 1.41. The summed E-state index contributed by atoms with van der Waals surface area (Å²) >= 11 is 0. The third-order valence-electron chi connectivity index (χ3n) is 2.35. The van der Waals surface area contributed by atoms with Gasteiger partial charge in [0.05, 0.1) is 0 Å². The molecule has 1 aromatic carbocycles. The van der Waals surface area contributed by atoms with Gasteiger partial charge in [-0.2, -0.15) is 13.2 Å². The fraction of sp³-hybridized carbons (Fsp3) is 0.571. The van der Waals surface area contributed by atoms with Gasteiger partial charge in [0.1, 0.15) is 12.4 Å². The van der Waals surface area contributed by atoms with Crippen LogP contribution in [0, 0.1) is 0 Å². The number of para-hydroxylation sites is 1. The van der Waals surface area contributed by atoms with Crippen molar-refractivity contribution in [3.63, 3.8) is 0 Å². The van der Waals surface area contributed by atoms with Crippen molar-refractivity contribution in [2.45, 2.75) is 39.0 Å². The van der Waals surface area contributed by atoms with E-state index in [4.69, 9.17) is 4.74 Å². The molecule has 114 valence electrons. The van der Waals surface area contributed by atoms with Crippen LogP contribution < -0.4 is 10.1 Å². The van der Waals surface area contributed by atoms with E-state index < -0.39 is 19.6 Å². The van der Waals surface area contributed by atoms with E-state index in [1.54, 1.807) is 12.1 Å². The average Bonchev–Trinajstić information content (AvgIpc) is 2.31. The molecule has 0 amide bonds. The highest BCUT2D eigenvalue weighted by molar-refractivity contribution is 5.33. The topological polar surface area (TPSA) is 30.5 Å². The van der Waals surface area contributed by atoms with E-state index in [-0.39, 0.29) is 5.54 Å². The molecule has 0 radical (unpaired) electrons. The van der Waals surface area contributed by atoms with Gasteiger partial charge >= 0.3 is 6.18 Å². The van der Waals surface area contributed by atoms with Crippen molar-refractivity contribution in [1.29, 1.82) is 0 Å². The molecule has 1 rings (SSSR count). The Kier molecular flexibility index (Phi) is 5.83. The molecule has 0 saturated carbocycles. The number of ether oxygens (including phenoxy) is 2. The summed E-state index contributed by atoms with van der Waals surface area (Å²) in [6.45, 7) is 4.93. The van der Waals surface area contributed by atoms with Crippen molar-refractivity contribution in [3.8, 4) is 5.75 Å². The van der Waals surface area contributed by atoms with Crippen LogP contribution in [0.1, 0.15) is 26.3 Å². The Morgan fingerprint density at radius 1 is 1.10 bits per heavy atom. The minimum atomic E-state index is -4.34. The van der Waals surface area contributed by atoms with Crippen LogP contribution in [-0.4, -0.2) is 25.1 Å². The van der Waals surface area contributed by atoms with Crippen LogP contribution in [0.3, 0.4) is 0 Å². The van der Waals surface area contributed by atoms with Crippen LogP contribution in [0.25, 0.3) is 0 Å². The van der Waals surface area contributed by atoms with Crippen LogP contribution in [0.5, 0.6) is 5.75 Å². The molecule has 0 aliphatic carbocycles. The van der Waals surface area contributed by atoms with Gasteiger partial charge in [0.25, 0.3) is 0 Å². The summed E-state index contributed by atoms with van der Waals surface area (Å²) in [6.07, 6.45) is -4.34. The summed E-state index contributed by atoms with van der Waals surface area (Å²) in [6, 6.07) is 7.18. The minimum Gasteiger partial charge on any atom is -0.467 e. The predicted molar refractivity (Wildman–Crippen MR) is 70.5 cm³/mol. The molecule has 0 spiro atoms. The molecule has 0 unspecified atom stereocenters. The van der Waals surface area contributed by atoms with Crippen LogP contribution in [-0.2, 0) is 11.3 Å². The number of halogens is 3. The monoisotopic (exact) mass is 291 g/mol. The Morgan fingerprint density at radius 2 is 1.75 bits per heavy atom. The second-order valence-corrected chi connectivity index (χ2v) is 5.44. The normalized spacial score (nSPS) is 12.5. The summed E-state index contributed by atoms with van der Waals surface area (Å²) < 4.78 is 45.4. The van der Waals surface area contributed by atoms with Gasteiger partial charge in [0.2, 0.25) is 0 Å². The maximum Gasteiger partial charge on any atom is 0.411 e. The summed E-state index contributed by atoms with van der Waals surface area (Å²) in [5, 5.41) is 3.29. The Labute approximate surface area is 117 Å². The lowest BCUT2D eigenvalue weighted by Crippen LogP contribution is -2.35. The first-order chi connectivity index (χ1) is 9.17. The van der Waals surface area contributed by atoms with E-state index in [2.05, 4.69) is 10.1 Å². The van der Waals surface area contributed by atoms with E-state index in [9.17, 15) is 13.2 Å². The number of alkyl halides is 3. The maximum absolute atomic E-state index is 11.9. The number of rotatable bonds is 6. The highest BCUT2D eigenvalue weighted by atomic mass is 19.4. The molecular weight excluding hydrogens is 271 g/mol. The van der Waals surface area contributed by atoms with Crippen LogP contribution in [0.2, 0.25) is 0 Å². The molecule has 0 aliphatic rings. The standard InChI is InChI=1S/C14H20F3NO2/c1-13(2,3)18-8-11-6-4-5-7-12(11)20-10-19-9-14(15,16)17/h4-7,18H,8-10H2,1-3H3. The van der Waals surface area contributed by atoms with E-state index in [0.717, 1.165) is 5.56 Å². The molecule has 0 saturated heterocycles. The van der Waals surface area contributed by atoms with Gasteiger partial charge in [-0.05, 0) is 26.8 Å². The van der Waals surface area contributed by atoms with Crippen molar-refractivity contribution in [1.82, 2.24) is 5.32 Å². The molecule has 20 heavy (non-hydrogen) atoms. The average molecular weight is 291 g/mol. The second kappa shape index (κ2) is 6.95. The van der Waals surface area contributed by atoms with Crippen LogP contribution in [0.4, 0.5) is 13.2 Å². The number of benzene rings is 1. The van der Waals surface area contributed by atoms with Crippen LogP contribution in [0.15, 0.2) is 24.3 Å². The van der Waals surface area contributed by atoms with Crippen molar-refractivity contribution in [2.75, 3.05) is 13.4 Å². The zero-order chi connectivity index (χ0) is 15.2. The van der Waals surface area contributed by atoms with E-state index >= 15 is 0 Å². The van der Waals surface area contributed by atoms with Gasteiger partial charge in [-0.3, -0.25) is 0 Å². The van der Waals surface area contributed by atoms with Crippen LogP contribution >= 0.6 is 0 Å². The highest BCUT2D eigenvalue weighted by Crippen LogP contribution is 2.19. The number of hydrogen-bond acceptors (Lipinski definition) is 3. The predicted octanol–water partition coefficient (Wildman–Crippen LogP) is 3.49. The first kappa shape index (κ1) is 16.8. The Morgan fingerprint density at radius 3 is 2.35 bits per heavy atom. The first-order valence-corrected chi connectivity index (χ1v) is 6.28. The lowest BCUT2D eigenvalue weighted by Gasteiger charge is -2.21. The maximum atomic E-state index is 11.9. The molecule has 0 aliphatic heterocycles. The SMILES string of the molecule is CC(C)(C)NCc1ccccc1OCOCC(F)(F)F. The molecule has 1 N–H and O–H groups in total. The van der Waals surface area contributed by atoms with E-state index in [0.29, 0.717) is 12.3 Å². The Bertz CT molecular complexity index is 414. The second-order valence-electron chi connectivity index (χ2n) is 5.44. The van der Waals surface area contributed by atoms with Gasteiger partial charge in [0.15, 0.2) is 6.79 Å². The fourth-order valence-corrected chi connectivity index (χ4v) is 1.41. The Hall–Kier alpha value is -1.27. The van der Waals surface area contributed by atoms with Gasteiger partial charge in [0, 0.05) is 17.6 Å². The van der Waals surface area contributed by atoms with Crippen molar-refractivity contribution < 1.29 is 22.6 Å². The molecule has 0 heterocycles. The van der Waals surface area contributed by atoms with Crippen molar-refractivity contribution in [3.05, 3.63) is 29.8 Å². The van der Waals surface area contributed by atoms with E-state index in [1.807, 2.05) is 32.9 Å². The number of nitrogens with one attached hydrogen (secondary N) is 1. The molecule has 6 heteroatoms. The molecule has 0 bridgehead atoms. The highest BCUT2D eigenvalue weighted by Gasteiger charge is 2.27. The third kappa shape index (κ3) is 7.35. The van der Waals surface area contributed by atoms with Crippen molar-refractivity contribution in [2.24, 2.45) is 0 Å². The lowest BCUT2D eigenvalue weighted by atomic mass is 10.1. The number of hydrogen-bond donors (Lipinski definition) is 1. The van der Waals surface area contributed by atoms with Gasteiger partial charge < -0.3 is 14.8 Å². The van der Waals surface area contributed by atoms with E-state index in [1.165, 1.54) is 0 Å². The van der Waals surface area contributed by atoms with Gasteiger partial charge in [-0.25, -0.2) is 0 Å². The largest absolute Gasteiger partial charge is 0.467 e. The summed E-state index contributed by atoms with van der Waals surface area (Å²) in [4.78, 5) is 0. The molecule has 0 aromatic heterocycles. The summed E-state index contributed by atoms with van der Waals surface area (Å²) in [5.41, 5.74) is 0.818. The molecule has 0 fully saturated rings. The van der Waals surface area contributed by atoms with Gasteiger partial charge in [-0.1, -0.05) is 18.2 Å². The molecule has 0 atom stereocenters. The summed E-state index contributed by atoms with van der Waals surface area (Å²) in [5.74, 6) is 0.520. The van der Waals surface area contributed by atoms with Crippen molar-refractivity contribution >= 4 is 0 Å². The minimum absolute atomic E-state index is 0.0557. The molecule has 1 aromatic rings. The Balaban J connectivity index is 2.49. The quantitative estimate of drug-likeness (QED) is 0.643. The summed E-state index contributed by atoms with van der Waals surface area (Å²) in [7, 11) is 0. The smallest absolute Gasteiger partial charge is 0.411 e. The zero-order valence-corrected chi connectivity index (χ0v) is 11.9. The lowest BCUT2D eigenvalue weighted by molar-refractivity contribution is -0.186. The third-order valence-corrected chi connectivity index (χ3v) is 2.35. The molecular formula is C14H20F3NO2. The molecule has 3 nitrogen and oxygen atoms in total. The first-order valence-electron chi connectivity index (χ1n) is 6.28. The zero-order valence-electron chi connectivity index (χ0n) is 11.9. The van der Waals surface area contributed by atoms with Gasteiger partial charge in [-0.15, -0.1) is 0 Å².